The second kappa shape index (κ2) is 5.36. The van der Waals surface area contributed by atoms with Gasteiger partial charge in [-0.25, -0.2) is 4.79 Å². The zero-order valence-electron chi connectivity index (χ0n) is 9.97. The maximum Gasteiger partial charge on any atom is 0.337 e. The van der Waals surface area contributed by atoms with Crippen LogP contribution >= 0.6 is 0 Å². The Hall–Kier alpha value is -2.29. The number of rotatable bonds is 4. The molecule has 0 spiro atoms. The molecular weight excluding hydrogens is 226 g/mol. The summed E-state index contributed by atoms with van der Waals surface area (Å²) in [5, 5.41) is 8.88. The second-order valence-electron chi connectivity index (χ2n) is 4.21. The maximum absolute atomic E-state index is 10.8. The lowest BCUT2D eigenvalue weighted by Crippen LogP contribution is -2.03. The third kappa shape index (κ3) is 2.88. The van der Waals surface area contributed by atoms with Gasteiger partial charge in [0.15, 0.2) is 0 Å². The Morgan fingerprint density at radius 3 is 2.28 bits per heavy atom. The Labute approximate surface area is 106 Å². The molecule has 0 aliphatic rings. The van der Waals surface area contributed by atoms with Gasteiger partial charge < -0.3 is 10.8 Å². The number of carboxylic acid groups (broad SMARTS) is 1. The topological polar surface area (TPSA) is 63.3 Å². The molecular formula is C15H15NO2. The molecule has 0 aromatic heterocycles. The third-order valence-corrected chi connectivity index (χ3v) is 2.89. The van der Waals surface area contributed by atoms with Crippen molar-refractivity contribution in [3.8, 4) is 0 Å². The lowest BCUT2D eigenvalue weighted by atomic mass is 10.0. The van der Waals surface area contributed by atoms with Crippen LogP contribution in [0.1, 0.15) is 21.5 Å². The fraction of sp³-hybridized carbons (Fsp3) is 0.133. The molecule has 0 aliphatic carbocycles. The third-order valence-electron chi connectivity index (χ3n) is 2.89. The van der Waals surface area contributed by atoms with Gasteiger partial charge in [0, 0.05) is 5.69 Å². The highest BCUT2D eigenvalue weighted by Crippen LogP contribution is 2.16. The largest absolute Gasteiger partial charge is 0.478 e. The van der Waals surface area contributed by atoms with Crippen molar-refractivity contribution in [3.63, 3.8) is 0 Å². The van der Waals surface area contributed by atoms with E-state index in [1.807, 2.05) is 24.3 Å². The standard InChI is InChI=1S/C15H15NO2/c16-14-10-12(8-9-13(14)15(17)18)7-6-11-4-2-1-3-5-11/h1-5,8-10H,6-7,16H2,(H,17,18). The zero-order chi connectivity index (χ0) is 13.0. The van der Waals surface area contributed by atoms with Crippen molar-refractivity contribution in [2.75, 3.05) is 5.73 Å². The van der Waals surface area contributed by atoms with Crippen LogP contribution in [0.25, 0.3) is 0 Å². The monoisotopic (exact) mass is 241 g/mol. The molecule has 0 aliphatic heterocycles. The number of hydrogen-bond donors (Lipinski definition) is 2. The van der Waals surface area contributed by atoms with Crippen molar-refractivity contribution in [1.29, 1.82) is 0 Å². The van der Waals surface area contributed by atoms with E-state index < -0.39 is 5.97 Å². The molecule has 2 aromatic carbocycles. The van der Waals surface area contributed by atoms with E-state index >= 15 is 0 Å². The smallest absolute Gasteiger partial charge is 0.337 e. The van der Waals surface area contributed by atoms with Crippen LogP contribution in [0.15, 0.2) is 48.5 Å². The average Bonchev–Trinajstić information content (AvgIpc) is 2.37. The van der Waals surface area contributed by atoms with E-state index in [-0.39, 0.29) is 5.56 Å². The van der Waals surface area contributed by atoms with Gasteiger partial charge in [-0.1, -0.05) is 36.4 Å². The first-order valence-corrected chi connectivity index (χ1v) is 5.82. The number of aromatic carboxylic acids is 1. The summed E-state index contributed by atoms with van der Waals surface area (Å²) in [5.41, 5.74) is 8.52. The van der Waals surface area contributed by atoms with Crippen LogP contribution < -0.4 is 5.73 Å². The molecule has 0 radical (unpaired) electrons. The summed E-state index contributed by atoms with van der Waals surface area (Å²) >= 11 is 0. The summed E-state index contributed by atoms with van der Waals surface area (Å²) in [6.07, 6.45) is 1.78. The van der Waals surface area contributed by atoms with Gasteiger partial charge in [0.05, 0.1) is 5.56 Å². The van der Waals surface area contributed by atoms with E-state index in [0.29, 0.717) is 5.69 Å². The van der Waals surface area contributed by atoms with Gasteiger partial charge in [-0.15, -0.1) is 0 Å². The van der Waals surface area contributed by atoms with E-state index in [9.17, 15) is 4.79 Å². The van der Waals surface area contributed by atoms with Crippen molar-refractivity contribution in [2.45, 2.75) is 12.8 Å². The summed E-state index contributed by atoms with van der Waals surface area (Å²) in [6, 6.07) is 15.3. The van der Waals surface area contributed by atoms with Gasteiger partial charge >= 0.3 is 5.97 Å². The fourth-order valence-electron chi connectivity index (χ4n) is 1.90. The summed E-state index contributed by atoms with van der Waals surface area (Å²) in [6.45, 7) is 0. The number of carbonyl (C=O) groups is 1. The first-order valence-electron chi connectivity index (χ1n) is 5.82. The summed E-state index contributed by atoms with van der Waals surface area (Å²) in [5.74, 6) is -0.984. The van der Waals surface area contributed by atoms with Crippen LogP contribution in [-0.4, -0.2) is 11.1 Å². The molecule has 3 N–H and O–H groups in total. The highest BCUT2D eigenvalue weighted by molar-refractivity contribution is 5.93. The molecule has 0 amide bonds. The second-order valence-corrected chi connectivity index (χ2v) is 4.21. The van der Waals surface area contributed by atoms with Gasteiger partial charge in [0.25, 0.3) is 0 Å². The van der Waals surface area contributed by atoms with E-state index in [2.05, 4.69) is 12.1 Å². The molecule has 3 heteroatoms. The van der Waals surface area contributed by atoms with Crippen LogP contribution in [0.2, 0.25) is 0 Å². The molecule has 0 saturated carbocycles. The molecule has 2 aromatic rings. The Balaban J connectivity index is 2.07. The Morgan fingerprint density at radius 1 is 1.00 bits per heavy atom. The van der Waals surface area contributed by atoms with Gasteiger partial charge in [-0.2, -0.15) is 0 Å². The molecule has 0 atom stereocenters. The van der Waals surface area contributed by atoms with E-state index in [1.165, 1.54) is 5.56 Å². The van der Waals surface area contributed by atoms with Crippen LogP contribution in [0, 0.1) is 0 Å². The number of hydrogen-bond acceptors (Lipinski definition) is 2. The van der Waals surface area contributed by atoms with Gasteiger partial charge in [0.2, 0.25) is 0 Å². The molecule has 0 bridgehead atoms. The molecule has 3 nitrogen and oxygen atoms in total. The summed E-state index contributed by atoms with van der Waals surface area (Å²) in [7, 11) is 0. The van der Waals surface area contributed by atoms with Crippen LogP contribution in [0.5, 0.6) is 0 Å². The summed E-state index contributed by atoms with van der Waals surface area (Å²) < 4.78 is 0. The van der Waals surface area contributed by atoms with Crippen LogP contribution in [0.4, 0.5) is 5.69 Å². The minimum atomic E-state index is -0.984. The number of nitrogen functional groups attached to an aromatic ring is 1. The number of nitrogens with two attached hydrogens (primary N) is 1. The van der Waals surface area contributed by atoms with Crippen LogP contribution in [0.3, 0.4) is 0 Å². The molecule has 0 fully saturated rings. The van der Waals surface area contributed by atoms with Crippen LogP contribution in [-0.2, 0) is 12.8 Å². The predicted molar refractivity (Wildman–Crippen MR) is 71.7 cm³/mol. The highest BCUT2D eigenvalue weighted by Gasteiger charge is 2.07. The van der Waals surface area contributed by atoms with Gasteiger partial charge in [-0.05, 0) is 36.1 Å². The van der Waals surface area contributed by atoms with Crippen molar-refractivity contribution in [3.05, 3.63) is 65.2 Å². The number of aryl methyl sites for hydroxylation is 2. The molecule has 0 unspecified atom stereocenters. The lowest BCUT2D eigenvalue weighted by Gasteiger charge is -2.05. The fourth-order valence-corrected chi connectivity index (χ4v) is 1.90. The number of benzene rings is 2. The van der Waals surface area contributed by atoms with Crippen molar-refractivity contribution >= 4 is 11.7 Å². The van der Waals surface area contributed by atoms with Crippen molar-refractivity contribution in [1.82, 2.24) is 0 Å². The number of carboxylic acids is 1. The van der Waals surface area contributed by atoms with E-state index in [0.717, 1.165) is 18.4 Å². The Bertz CT molecular complexity index is 550. The molecule has 18 heavy (non-hydrogen) atoms. The highest BCUT2D eigenvalue weighted by atomic mass is 16.4. The van der Waals surface area contributed by atoms with Gasteiger partial charge in [-0.3, -0.25) is 0 Å². The Kier molecular flexibility index (Phi) is 3.63. The normalized spacial score (nSPS) is 10.2. The molecule has 0 heterocycles. The van der Waals surface area contributed by atoms with Crippen molar-refractivity contribution in [2.24, 2.45) is 0 Å². The number of anilines is 1. The molecule has 2 rings (SSSR count). The molecule has 92 valence electrons. The lowest BCUT2D eigenvalue weighted by molar-refractivity contribution is 0.0698. The van der Waals surface area contributed by atoms with E-state index in [4.69, 9.17) is 10.8 Å². The SMILES string of the molecule is Nc1cc(CCc2ccccc2)ccc1C(=O)O. The average molecular weight is 241 g/mol. The summed E-state index contributed by atoms with van der Waals surface area (Å²) in [4.78, 5) is 10.8. The quantitative estimate of drug-likeness (QED) is 0.809. The first-order chi connectivity index (χ1) is 8.66. The predicted octanol–water partition coefficient (Wildman–Crippen LogP) is 2.75. The van der Waals surface area contributed by atoms with E-state index in [1.54, 1.807) is 12.1 Å². The Morgan fingerprint density at radius 2 is 1.67 bits per heavy atom. The minimum absolute atomic E-state index is 0.165. The van der Waals surface area contributed by atoms with Gasteiger partial charge in [0.1, 0.15) is 0 Å². The maximum atomic E-state index is 10.8. The minimum Gasteiger partial charge on any atom is -0.478 e. The zero-order valence-corrected chi connectivity index (χ0v) is 9.97. The van der Waals surface area contributed by atoms with Crippen molar-refractivity contribution < 1.29 is 9.90 Å². The first kappa shape index (κ1) is 12.2. The molecule has 0 saturated heterocycles.